The van der Waals surface area contributed by atoms with Gasteiger partial charge in [-0.15, -0.1) is 0 Å². The van der Waals surface area contributed by atoms with Crippen LogP contribution in [0.15, 0.2) is 24.3 Å². The van der Waals surface area contributed by atoms with Crippen LogP contribution >= 0.6 is 0 Å². The second kappa shape index (κ2) is 5.97. The van der Waals surface area contributed by atoms with Gasteiger partial charge in [-0.25, -0.2) is 9.37 Å². The lowest BCUT2D eigenvalue weighted by molar-refractivity contribution is -0.0884. The van der Waals surface area contributed by atoms with Crippen molar-refractivity contribution in [2.75, 3.05) is 44.7 Å². The Hall–Kier alpha value is -1.72. The Bertz CT molecular complexity index is 756. The van der Waals surface area contributed by atoms with Gasteiger partial charge in [0.25, 0.3) is 0 Å². The number of pyridine rings is 1. The van der Waals surface area contributed by atoms with Crippen LogP contribution < -0.4 is 4.90 Å². The zero-order valence-corrected chi connectivity index (χ0v) is 14.4. The summed E-state index contributed by atoms with van der Waals surface area (Å²) < 4.78 is 19.7. The molecule has 0 unspecified atom stereocenters. The third-order valence-electron chi connectivity index (χ3n) is 5.43. The Kier molecular flexibility index (Phi) is 3.93. The highest BCUT2D eigenvalue weighted by Crippen LogP contribution is 2.32. The molecule has 0 aliphatic carbocycles. The van der Waals surface area contributed by atoms with E-state index in [1.165, 1.54) is 6.07 Å². The average molecular weight is 329 g/mol. The lowest BCUT2D eigenvalue weighted by Crippen LogP contribution is -2.56. The molecule has 4 nitrogen and oxygen atoms in total. The Labute approximate surface area is 142 Å². The van der Waals surface area contributed by atoms with E-state index < -0.39 is 0 Å². The van der Waals surface area contributed by atoms with Gasteiger partial charge < -0.3 is 14.5 Å². The van der Waals surface area contributed by atoms with Crippen molar-refractivity contribution in [3.05, 3.63) is 35.6 Å². The minimum absolute atomic E-state index is 0.0436. The first kappa shape index (κ1) is 15.8. The topological polar surface area (TPSA) is 28.6 Å². The van der Waals surface area contributed by atoms with Crippen molar-refractivity contribution >= 4 is 16.7 Å². The summed E-state index contributed by atoms with van der Waals surface area (Å²) in [6.45, 7) is 6.68. The number of piperidine rings is 1. The summed E-state index contributed by atoms with van der Waals surface area (Å²) in [4.78, 5) is 9.49. The molecule has 0 bridgehead atoms. The molecule has 1 aromatic carbocycles. The van der Waals surface area contributed by atoms with Crippen LogP contribution in [0.4, 0.5) is 10.2 Å². The van der Waals surface area contributed by atoms with Gasteiger partial charge in [0, 0.05) is 31.6 Å². The van der Waals surface area contributed by atoms with Gasteiger partial charge >= 0.3 is 0 Å². The molecular formula is C19H24FN3O. The molecule has 0 atom stereocenters. The van der Waals surface area contributed by atoms with Gasteiger partial charge in [-0.05, 0) is 56.6 Å². The van der Waals surface area contributed by atoms with E-state index in [1.54, 1.807) is 12.1 Å². The van der Waals surface area contributed by atoms with Crippen molar-refractivity contribution in [1.82, 2.24) is 9.88 Å². The molecule has 2 aliphatic rings. The molecule has 5 heteroatoms. The smallest absolute Gasteiger partial charge is 0.129 e. The molecule has 0 radical (unpaired) electrons. The minimum atomic E-state index is -0.211. The number of morpholine rings is 1. The normalized spacial score (nSPS) is 21.5. The number of anilines is 1. The number of aromatic nitrogens is 1. The molecule has 3 heterocycles. The fourth-order valence-corrected chi connectivity index (χ4v) is 3.88. The van der Waals surface area contributed by atoms with E-state index in [2.05, 4.69) is 22.9 Å². The second-order valence-electron chi connectivity index (χ2n) is 7.22. The molecule has 0 amide bonds. The van der Waals surface area contributed by atoms with E-state index in [0.717, 1.165) is 67.9 Å². The highest BCUT2D eigenvalue weighted by Gasteiger charge is 2.39. The predicted octanol–water partition coefficient (Wildman–Crippen LogP) is 2.98. The standard InChI is InChI=1S/C19H24FN3O/c1-14-11-18(21-17-4-3-15(20)12-16(14)17)23-9-10-24-19(13-23)5-7-22(2)8-6-19/h3-4,11-12H,5-10,13H2,1-2H3. The Morgan fingerprint density at radius 3 is 2.75 bits per heavy atom. The molecule has 0 saturated carbocycles. The summed E-state index contributed by atoms with van der Waals surface area (Å²) in [7, 11) is 2.17. The van der Waals surface area contributed by atoms with E-state index in [-0.39, 0.29) is 11.4 Å². The Morgan fingerprint density at radius 1 is 1.17 bits per heavy atom. The maximum Gasteiger partial charge on any atom is 0.129 e. The van der Waals surface area contributed by atoms with Gasteiger partial charge in [0.2, 0.25) is 0 Å². The first-order chi connectivity index (χ1) is 11.5. The van der Waals surface area contributed by atoms with Crippen molar-refractivity contribution < 1.29 is 9.13 Å². The first-order valence-electron chi connectivity index (χ1n) is 8.69. The number of nitrogens with zero attached hydrogens (tertiary/aromatic N) is 3. The quantitative estimate of drug-likeness (QED) is 0.804. The number of benzene rings is 1. The summed E-state index contributed by atoms with van der Waals surface area (Å²) in [5.74, 6) is 0.769. The van der Waals surface area contributed by atoms with Crippen molar-refractivity contribution in [3.8, 4) is 0 Å². The number of rotatable bonds is 1. The van der Waals surface area contributed by atoms with E-state index in [0.29, 0.717) is 0 Å². The second-order valence-corrected chi connectivity index (χ2v) is 7.22. The van der Waals surface area contributed by atoms with Crippen molar-refractivity contribution in [1.29, 1.82) is 0 Å². The minimum Gasteiger partial charge on any atom is -0.371 e. The van der Waals surface area contributed by atoms with Crippen LogP contribution in [0.2, 0.25) is 0 Å². The maximum atomic E-state index is 13.5. The molecule has 2 aliphatic heterocycles. The van der Waals surface area contributed by atoms with Crippen molar-refractivity contribution in [3.63, 3.8) is 0 Å². The van der Waals surface area contributed by atoms with Crippen molar-refractivity contribution in [2.24, 2.45) is 0 Å². The van der Waals surface area contributed by atoms with Crippen LogP contribution in [0.5, 0.6) is 0 Å². The highest BCUT2D eigenvalue weighted by atomic mass is 19.1. The van der Waals surface area contributed by atoms with Crippen LogP contribution in [0, 0.1) is 12.7 Å². The molecular weight excluding hydrogens is 305 g/mol. The van der Waals surface area contributed by atoms with Crippen molar-refractivity contribution in [2.45, 2.75) is 25.4 Å². The molecule has 128 valence electrons. The molecule has 1 spiro atoms. The largest absolute Gasteiger partial charge is 0.371 e. The lowest BCUT2D eigenvalue weighted by Gasteiger charge is -2.47. The third-order valence-corrected chi connectivity index (χ3v) is 5.43. The Balaban J connectivity index is 1.63. The maximum absolute atomic E-state index is 13.5. The first-order valence-corrected chi connectivity index (χ1v) is 8.69. The number of hydrogen-bond acceptors (Lipinski definition) is 4. The number of fused-ring (bicyclic) bond motifs is 1. The zero-order valence-electron chi connectivity index (χ0n) is 14.4. The number of aryl methyl sites for hydroxylation is 1. The third kappa shape index (κ3) is 2.87. The Morgan fingerprint density at radius 2 is 1.96 bits per heavy atom. The number of likely N-dealkylation sites (tertiary alicyclic amines) is 1. The monoisotopic (exact) mass is 329 g/mol. The molecule has 2 aromatic rings. The van der Waals surface area contributed by atoms with Gasteiger partial charge in [-0.1, -0.05) is 0 Å². The van der Waals surface area contributed by atoms with E-state index in [1.807, 2.05) is 6.92 Å². The van der Waals surface area contributed by atoms with Gasteiger partial charge in [0.1, 0.15) is 11.6 Å². The number of ether oxygens (including phenoxy) is 1. The average Bonchev–Trinajstić information content (AvgIpc) is 2.58. The molecule has 2 fully saturated rings. The predicted molar refractivity (Wildman–Crippen MR) is 94.1 cm³/mol. The number of hydrogen-bond donors (Lipinski definition) is 0. The van der Waals surface area contributed by atoms with Gasteiger partial charge in [0.15, 0.2) is 0 Å². The van der Waals surface area contributed by atoms with Gasteiger partial charge in [0.05, 0.1) is 17.7 Å². The molecule has 24 heavy (non-hydrogen) atoms. The summed E-state index contributed by atoms with van der Waals surface area (Å²) in [6.07, 6.45) is 2.13. The van der Waals surface area contributed by atoms with Crippen LogP contribution in [0.3, 0.4) is 0 Å². The van der Waals surface area contributed by atoms with E-state index in [4.69, 9.17) is 9.72 Å². The fraction of sp³-hybridized carbons (Fsp3) is 0.526. The van der Waals surface area contributed by atoms with Gasteiger partial charge in [-0.3, -0.25) is 0 Å². The lowest BCUT2D eigenvalue weighted by atomic mass is 9.89. The molecule has 1 aromatic heterocycles. The highest BCUT2D eigenvalue weighted by molar-refractivity contribution is 5.84. The van der Waals surface area contributed by atoms with E-state index in [9.17, 15) is 4.39 Å². The number of halogens is 1. The summed E-state index contributed by atoms with van der Waals surface area (Å²) in [5, 5.41) is 0.890. The van der Waals surface area contributed by atoms with Crippen LogP contribution in [-0.2, 0) is 4.74 Å². The van der Waals surface area contributed by atoms with E-state index >= 15 is 0 Å². The fourth-order valence-electron chi connectivity index (χ4n) is 3.88. The molecule has 2 saturated heterocycles. The molecule has 4 rings (SSSR count). The summed E-state index contributed by atoms with van der Waals surface area (Å²) >= 11 is 0. The molecule has 0 N–H and O–H groups in total. The van der Waals surface area contributed by atoms with Crippen LogP contribution in [0.25, 0.3) is 10.9 Å². The van der Waals surface area contributed by atoms with Gasteiger partial charge in [-0.2, -0.15) is 0 Å². The van der Waals surface area contributed by atoms with Crippen LogP contribution in [-0.4, -0.2) is 55.3 Å². The summed E-state index contributed by atoms with van der Waals surface area (Å²) in [6, 6.07) is 6.90. The van der Waals surface area contributed by atoms with Crippen LogP contribution in [0.1, 0.15) is 18.4 Å². The zero-order chi connectivity index (χ0) is 16.7. The summed E-state index contributed by atoms with van der Waals surface area (Å²) in [5.41, 5.74) is 1.88. The SMILES string of the molecule is Cc1cc(N2CCOC3(CCN(C)CC3)C2)nc2ccc(F)cc12.